The summed E-state index contributed by atoms with van der Waals surface area (Å²) in [6.45, 7) is 6.86. The summed E-state index contributed by atoms with van der Waals surface area (Å²) in [6, 6.07) is 8.13. The number of benzene rings is 1. The fraction of sp³-hybridized carbons (Fsp3) is 0.435. The van der Waals surface area contributed by atoms with Crippen molar-refractivity contribution in [1.29, 1.82) is 0 Å². The van der Waals surface area contributed by atoms with Gasteiger partial charge in [-0.3, -0.25) is 9.59 Å². The number of rotatable bonds is 2. The highest BCUT2D eigenvalue weighted by Gasteiger charge is 2.54. The van der Waals surface area contributed by atoms with Crippen LogP contribution in [0.3, 0.4) is 0 Å². The van der Waals surface area contributed by atoms with Gasteiger partial charge in [0.1, 0.15) is 23.3 Å². The molecule has 2 atom stereocenters. The van der Waals surface area contributed by atoms with Crippen molar-refractivity contribution in [3.05, 3.63) is 52.6 Å². The van der Waals surface area contributed by atoms with Crippen LogP contribution in [-0.2, 0) is 14.9 Å². The Kier molecular flexibility index (Phi) is 4.73. The zero-order valence-electron chi connectivity index (χ0n) is 18.1. The Bertz CT molecular complexity index is 1140. The van der Waals surface area contributed by atoms with Crippen LogP contribution in [0.5, 0.6) is 0 Å². The van der Waals surface area contributed by atoms with E-state index in [0.717, 1.165) is 17.8 Å². The lowest BCUT2D eigenvalue weighted by Crippen LogP contribution is -2.63. The Hall–Kier alpha value is -2.71. The molecule has 0 unspecified atom stereocenters. The predicted octanol–water partition coefficient (Wildman–Crippen LogP) is 3.38. The van der Waals surface area contributed by atoms with Crippen LogP contribution in [0.15, 0.2) is 30.3 Å². The fourth-order valence-electron chi connectivity index (χ4n) is 4.90. The number of halogens is 2. The van der Waals surface area contributed by atoms with Gasteiger partial charge in [-0.1, -0.05) is 11.6 Å². The molecule has 2 amide bonds. The van der Waals surface area contributed by atoms with E-state index in [4.69, 9.17) is 21.3 Å². The number of amides is 2. The summed E-state index contributed by atoms with van der Waals surface area (Å²) in [6.07, 6.45) is 0.354. The Morgan fingerprint density at radius 3 is 2.81 bits per heavy atom. The minimum absolute atomic E-state index is 0.0514. The average Bonchev–Trinajstić information content (AvgIpc) is 3.24. The molecule has 4 heterocycles. The number of nitrogens with one attached hydrogen (secondary N) is 1. The van der Waals surface area contributed by atoms with Gasteiger partial charge in [0.2, 0.25) is 5.91 Å². The van der Waals surface area contributed by atoms with E-state index < -0.39 is 16.8 Å². The van der Waals surface area contributed by atoms with Gasteiger partial charge in [0, 0.05) is 18.8 Å². The maximum atomic E-state index is 14.2. The van der Waals surface area contributed by atoms with Crippen LogP contribution in [0.4, 0.5) is 15.8 Å². The number of aromatic nitrogens is 1. The second-order valence-corrected chi connectivity index (χ2v) is 9.60. The number of hydrogen-bond donors (Lipinski definition) is 1. The molecule has 32 heavy (non-hydrogen) atoms. The molecule has 1 N–H and O–H groups in total. The van der Waals surface area contributed by atoms with Crippen LogP contribution in [0.2, 0.25) is 5.02 Å². The standard InChI is InChI=1S/C23H24ClFN4O3/c1-22(2)20(31)26-9-10-28(22)19(30)16-6-7-17-18(27-16)23(3)8-11-32-21(23)29(17)13-4-5-14(24)15(25)12-13/h4-7,12,21H,8-11H2,1-3H3,(H,26,31)/t21-,23-/m1/s1. The summed E-state index contributed by atoms with van der Waals surface area (Å²) >= 11 is 5.88. The van der Waals surface area contributed by atoms with E-state index in [1.165, 1.54) is 12.1 Å². The Labute approximate surface area is 190 Å². The van der Waals surface area contributed by atoms with Crippen molar-refractivity contribution in [3.8, 4) is 0 Å². The molecule has 1 aromatic heterocycles. The largest absolute Gasteiger partial charge is 0.357 e. The SMILES string of the molecule is CC1(C)C(=O)NCCN1C(=O)c1ccc2c(n1)[C@@]1(C)CCO[C@H]1N2c1ccc(Cl)c(F)c1. The average molecular weight is 459 g/mol. The third-order valence-corrected chi connectivity index (χ3v) is 7.15. The second kappa shape index (κ2) is 7.15. The lowest BCUT2D eigenvalue weighted by molar-refractivity contribution is -0.133. The van der Waals surface area contributed by atoms with Crippen molar-refractivity contribution in [3.63, 3.8) is 0 Å². The van der Waals surface area contributed by atoms with Crippen molar-refractivity contribution < 1.29 is 18.7 Å². The molecule has 0 aliphatic carbocycles. The molecule has 168 valence electrons. The van der Waals surface area contributed by atoms with Gasteiger partial charge in [0.25, 0.3) is 5.91 Å². The van der Waals surface area contributed by atoms with Crippen LogP contribution in [0.25, 0.3) is 0 Å². The van der Waals surface area contributed by atoms with Gasteiger partial charge in [0.05, 0.1) is 28.4 Å². The molecule has 3 aliphatic heterocycles. The van der Waals surface area contributed by atoms with Crippen molar-refractivity contribution in [1.82, 2.24) is 15.2 Å². The van der Waals surface area contributed by atoms with Gasteiger partial charge >= 0.3 is 0 Å². The van der Waals surface area contributed by atoms with E-state index in [2.05, 4.69) is 12.2 Å². The Balaban J connectivity index is 1.57. The van der Waals surface area contributed by atoms with Crippen molar-refractivity contribution >= 4 is 34.8 Å². The second-order valence-electron chi connectivity index (χ2n) is 9.19. The highest BCUT2D eigenvalue weighted by atomic mass is 35.5. The third kappa shape index (κ3) is 2.93. The lowest BCUT2D eigenvalue weighted by atomic mass is 9.85. The van der Waals surface area contributed by atoms with Gasteiger partial charge in [0.15, 0.2) is 0 Å². The zero-order valence-corrected chi connectivity index (χ0v) is 18.9. The minimum atomic E-state index is -0.966. The molecule has 0 radical (unpaired) electrons. The van der Waals surface area contributed by atoms with E-state index in [9.17, 15) is 14.0 Å². The quantitative estimate of drug-likeness (QED) is 0.746. The maximum Gasteiger partial charge on any atom is 0.273 e. The minimum Gasteiger partial charge on any atom is -0.357 e. The smallest absolute Gasteiger partial charge is 0.273 e. The first-order chi connectivity index (χ1) is 15.1. The number of fused-ring (bicyclic) bond motifs is 3. The fourth-order valence-corrected chi connectivity index (χ4v) is 5.02. The summed E-state index contributed by atoms with van der Waals surface area (Å²) in [5.41, 5.74) is 0.968. The van der Waals surface area contributed by atoms with Crippen molar-refractivity contribution in [2.75, 3.05) is 24.6 Å². The number of anilines is 2. The number of piperazine rings is 1. The molecule has 1 aromatic carbocycles. The maximum absolute atomic E-state index is 14.2. The molecule has 2 aromatic rings. The van der Waals surface area contributed by atoms with Crippen LogP contribution >= 0.6 is 11.6 Å². The molecule has 5 rings (SSSR count). The number of nitrogens with zero attached hydrogens (tertiary/aromatic N) is 3. The van der Waals surface area contributed by atoms with Crippen LogP contribution in [0, 0.1) is 5.82 Å². The van der Waals surface area contributed by atoms with E-state index in [1.54, 1.807) is 30.9 Å². The lowest BCUT2D eigenvalue weighted by Gasteiger charge is -2.41. The van der Waals surface area contributed by atoms with Crippen molar-refractivity contribution in [2.45, 2.75) is 44.4 Å². The Morgan fingerprint density at radius 2 is 2.06 bits per heavy atom. The zero-order chi connectivity index (χ0) is 22.8. The highest BCUT2D eigenvalue weighted by molar-refractivity contribution is 6.30. The topological polar surface area (TPSA) is 74.8 Å². The number of carbonyl (C=O) groups is 2. The molecular weight excluding hydrogens is 435 g/mol. The van der Waals surface area contributed by atoms with Crippen LogP contribution in [0.1, 0.15) is 43.4 Å². The Morgan fingerprint density at radius 1 is 1.28 bits per heavy atom. The molecule has 7 nitrogen and oxygen atoms in total. The molecule has 0 saturated carbocycles. The monoisotopic (exact) mass is 458 g/mol. The van der Waals surface area contributed by atoms with Crippen molar-refractivity contribution in [2.24, 2.45) is 0 Å². The van der Waals surface area contributed by atoms with Crippen LogP contribution in [-0.4, -0.2) is 53.2 Å². The normalized spacial score (nSPS) is 26.0. The molecular formula is C23H24ClFN4O3. The third-order valence-electron chi connectivity index (χ3n) is 6.85. The van der Waals surface area contributed by atoms with Gasteiger partial charge < -0.3 is 19.9 Å². The number of ether oxygens (including phenoxy) is 1. The van der Waals surface area contributed by atoms with Crippen LogP contribution < -0.4 is 10.2 Å². The molecule has 0 bridgehead atoms. The molecule has 0 spiro atoms. The molecule has 2 saturated heterocycles. The summed E-state index contributed by atoms with van der Waals surface area (Å²) in [4.78, 5) is 33.9. The number of hydrogen-bond acceptors (Lipinski definition) is 5. The van der Waals surface area contributed by atoms with Gasteiger partial charge in [-0.2, -0.15) is 0 Å². The van der Waals surface area contributed by atoms with E-state index >= 15 is 0 Å². The first-order valence-electron chi connectivity index (χ1n) is 10.6. The molecule has 2 fully saturated rings. The first-order valence-corrected chi connectivity index (χ1v) is 11.0. The summed E-state index contributed by atoms with van der Waals surface area (Å²) in [7, 11) is 0. The summed E-state index contributed by atoms with van der Waals surface area (Å²) in [5, 5.41) is 2.85. The summed E-state index contributed by atoms with van der Waals surface area (Å²) < 4.78 is 20.3. The number of pyridine rings is 1. The molecule has 9 heteroatoms. The molecule has 3 aliphatic rings. The van der Waals surface area contributed by atoms with E-state index in [1.807, 2.05) is 11.0 Å². The number of carbonyl (C=O) groups excluding carboxylic acids is 2. The van der Waals surface area contributed by atoms with E-state index in [-0.39, 0.29) is 28.8 Å². The van der Waals surface area contributed by atoms with Gasteiger partial charge in [-0.25, -0.2) is 9.37 Å². The predicted molar refractivity (Wildman–Crippen MR) is 118 cm³/mol. The van der Waals surface area contributed by atoms with Gasteiger partial charge in [-0.15, -0.1) is 0 Å². The first kappa shape index (κ1) is 21.2. The highest BCUT2D eigenvalue weighted by Crippen LogP contribution is 2.53. The van der Waals surface area contributed by atoms with E-state index in [0.29, 0.717) is 25.4 Å². The summed E-state index contributed by atoms with van der Waals surface area (Å²) in [5.74, 6) is -0.990. The van der Waals surface area contributed by atoms with Gasteiger partial charge in [-0.05, 0) is 57.5 Å².